The van der Waals surface area contributed by atoms with E-state index in [1.54, 1.807) is 0 Å². The molecule has 0 amide bonds. The molecule has 24 heavy (non-hydrogen) atoms. The van der Waals surface area contributed by atoms with Crippen LogP contribution in [0.1, 0.15) is 20.3 Å². The van der Waals surface area contributed by atoms with Gasteiger partial charge in [0.05, 0.1) is 6.61 Å². The number of thioether (sulfide) groups is 1. The van der Waals surface area contributed by atoms with Gasteiger partial charge in [0.25, 0.3) is 5.85 Å². The van der Waals surface area contributed by atoms with Crippen molar-refractivity contribution in [1.82, 2.24) is 19.6 Å². The van der Waals surface area contributed by atoms with Crippen molar-refractivity contribution in [3.63, 3.8) is 0 Å². The Labute approximate surface area is 151 Å². The molecule has 2 aliphatic rings. The molecule has 2 fully saturated rings. The molecule has 0 unspecified atom stereocenters. The second-order valence-corrected chi connectivity index (χ2v) is 7.40. The van der Waals surface area contributed by atoms with Gasteiger partial charge >= 0.3 is 0 Å². The summed E-state index contributed by atoms with van der Waals surface area (Å²) in [5.41, 5.74) is 5.55. The lowest BCUT2D eigenvalue weighted by molar-refractivity contribution is -0.211. The molecule has 0 aliphatic carbocycles. The topological polar surface area (TPSA) is 48.2 Å². The molecule has 0 radical (unpaired) electrons. The molecule has 2 saturated heterocycles. The first-order chi connectivity index (χ1) is 11.5. The third-order valence-electron chi connectivity index (χ3n) is 4.92. The molecule has 138 valence electrons. The van der Waals surface area contributed by atoms with E-state index < -0.39 is 5.85 Å². The fourth-order valence-corrected chi connectivity index (χ4v) is 4.53. The smallest absolute Gasteiger partial charge is 0.264 e. The van der Waals surface area contributed by atoms with Gasteiger partial charge < -0.3 is 30.1 Å². The first-order valence-electron chi connectivity index (χ1n) is 8.77. The van der Waals surface area contributed by atoms with Gasteiger partial charge in [-0.3, -0.25) is 0 Å². The van der Waals surface area contributed by atoms with Crippen molar-refractivity contribution in [2.75, 3.05) is 51.8 Å². The highest BCUT2D eigenvalue weighted by Gasteiger charge is 2.64. The molecule has 0 atom stereocenters. The monoisotopic (exact) mass is 355 g/mol. The molecule has 0 bridgehead atoms. The van der Waals surface area contributed by atoms with E-state index in [1.807, 2.05) is 11.8 Å². The van der Waals surface area contributed by atoms with Gasteiger partial charge in [0.1, 0.15) is 11.6 Å². The molecule has 0 saturated carbocycles. The molecule has 2 heterocycles. The maximum atomic E-state index is 6.59. The van der Waals surface area contributed by atoms with Gasteiger partial charge in [-0.1, -0.05) is 13.2 Å². The molecule has 0 aromatic carbocycles. The highest BCUT2D eigenvalue weighted by molar-refractivity contribution is 7.99. The predicted molar refractivity (Wildman–Crippen MR) is 102 cm³/mol. The first kappa shape index (κ1) is 19.3. The third kappa shape index (κ3) is 2.86. The van der Waals surface area contributed by atoms with E-state index in [9.17, 15) is 0 Å². The largest absolute Gasteiger partial charge is 0.335 e. The van der Waals surface area contributed by atoms with E-state index in [0.717, 1.165) is 49.2 Å². The fourth-order valence-electron chi connectivity index (χ4n) is 3.84. The van der Waals surface area contributed by atoms with E-state index in [2.05, 4.69) is 60.7 Å². The average molecular weight is 356 g/mol. The van der Waals surface area contributed by atoms with Gasteiger partial charge in [-0.05, 0) is 26.0 Å². The molecule has 2 N–H and O–H groups in total. The molecule has 0 aromatic heterocycles. The maximum absolute atomic E-state index is 6.59. The van der Waals surface area contributed by atoms with Crippen LogP contribution in [0.15, 0.2) is 24.8 Å². The van der Waals surface area contributed by atoms with Gasteiger partial charge in [0, 0.05) is 39.5 Å². The standard InChI is InChI=1S/C17H33N5OS/c1-7-21-14(3)19(5)16-17(21,22(8-2)15(4)20(16)6)23-11-9-12-24-13-10-18/h16H,3-4,7-13,18H2,1-2,5-6H3. The molecule has 0 spiro atoms. The number of hydrogen-bond acceptors (Lipinski definition) is 7. The summed E-state index contributed by atoms with van der Waals surface area (Å²) in [5, 5.41) is 0. The van der Waals surface area contributed by atoms with Gasteiger partial charge in [0.2, 0.25) is 0 Å². The number of ether oxygens (including phenoxy) is 1. The van der Waals surface area contributed by atoms with Crippen molar-refractivity contribution in [2.24, 2.45) is 5.73 Å². The zero-order chi connectivity index (χ0) is 17.9. The number of hydrogen-bond donors (Lipinski definition) is 1. The van der Waals surface area contributed by atoms with E-state index in [1.165, 1.54) is 0 Å². The summed E-state index contributed by atoms with van der Waals surface area (Å²) in [6, 6.07) is 0. The molecule has 2 aliphatic heterocycles. The normalized spacial score (nSPS) is 26.8. The summed E-state index contributed by atoms with van der Waals surface area (Å²) in [6.45, 7) is 16.0. The second kappa shape index (κ2) is 7.89. The zero-order valence-electron chi connectivity index (χ0n) is 15.6. The van der Waals surface area contributed by atoms with Gasteiger partial charge in [0.15, 0.2) is 6.17 Å². The lowest BCUT2D eigenvalue weighted by atomic mass is 10.2. The van der Waals surface area contributed by atoms with Gasteiger partial charge in [-0.25, -0.2) is 0 Å². The fraction of sp³-hybridized carbons (Fsp3) is 0.765. The Bertz CT molecular complexity index is 442. The van der Waals surface area contributed by atoms with Crippen molar-refractivity contribution in [3.05, 3.63) is 24.8 Å². The highest BCUT2D eigenvalue weighted by atomic mass is 32.2. The minimum absolute atomic E-state index is 0.0640. The van der Waals surface area contributed by atoms with Crippen LogP contribution in [0.3, 0.4) is 0 Å². The van der Waals surface area contributed by atoms with Crippen LogP contribution in [-0.2, 0) is 4.74 Å². The van der Waals surface area contributed by atoms with Crippen molar-refractivity contribution in [2.45, 2.75) is 32.3 Å². The van der Waals surface area contributed by atoms with E-state index in [-0.39, 0.29) is 6.17 Å². The number of nitrogens with two attached hydrogens (primary N) is 1. The van der Waals surface area contributed by atoms with Crippen LogP contribution < -0.4 is 5.73 Å². The van der Waals surface area contributed by atoms with Crippen LogP contribution in [0.2, 0.25) is 0 Å². The number of rotatable bonds is 9. The summed E-state index contributed by atoms with van der Waals surface area (Å²) >= 11 is 1.89. The minimum atomic E-state index is -0.542. The van der Waals surface area contributed by atoms with E-state index in [0.29, 0.717) is 6.61 Å². The summed E-state index contributed by atoms with van der Waals surface area (Å²) in [6.07, 6.45) is 1.08. The van der Waals surface area contributed by atoms with Crippen LogP contribution in [0.4, 0.5) is 0 Å². The zero-order valence-corrected chi connectivity index (χ0v) is 16.4. The van der Waals surface area contributed by atoms with Crippen LogP contribution in [0.5, 0.6) is 0 Å². The van der Waals surface area contributed by atoms with Crippen molar-refractivity contribution < 1.29 is 4.74 Å². The summed E-state index contributed by atoms with van der Waals surface area (Å²) in [5.74, 6) is 3.54. The van der Waals surface area contributed by atoms with E-state index in [4.69, 9.17) is 10.5 Å². The van der Waals surface area contributed by atoms with Crippen LogP contribution in [0, 0.1) is 0 Å². The van der Waals surface area contributed by atoms with Gasteiger partial charge in [-0.15, -0.1) is 0 Å². The number of likely N-dealkylation sites (N-methyl/N-ethyl adjacent to an activating group) is 4. The number of fused-ring (bicyclic) bond motifs is 1. The second-order valence-electron chi connectivity index (χ2n) is 6.18. The molecule has 7 heteroatoms. The SMILES string of the molecule is C=C1N(C)C2N(C)C(=C)N(CC)C2(OCCCSCCN)N1CC. The molecule has 2 rings (SSSR count). The minimum Gasteiger partial charge on any atom is -0.335 e. The molecular formula is C17H33N5OS. The Morgan fingerprint density at radius 1 is 1.08 bits per heavy atom. The molecule has 6 nitrogen and oxygen atoms in total. The van der Waals surface area contributed by atoms with Crippen LogP contribution in [-0.4, -0.2) is 83.5 Å². The third-order valence-corrected chi connectivity index (χ3v) is 6.02. The Hall–Kier alpha value is -1.05. The van der Waals surface area contributed by atoms with Crippen LogP contribution >= 0.6 is 11.8 Å². The summed E-state index contributed by atoms with van der Waals surface area (Å²) < 4.78 is 6.59. The quantitative estimate of drug-likeness (QED) is 0.630. The lowest BCUT2D eigenvalue weighted by Crippen LogP contribution is -2.61. The maximum Gasteiger partial charge on any atom is 0.264 e. The first-order valence-corrected chi connectivity index (χ1v) is 9.93. The Balaban J connectivity index is 2.20. The van der Waals surface area contributed by atoms with Crippen molar-refractivity contribution in [1.29, 1.82) is 0 Å². The van der Waals surface area contributed by atoms with E-state index >= 15 is 0 Å². The Morgan fingerprint density at radius 3 is 2.08 bits per heavy atom. The summed E-state index contributed by atoms with van der Waals surface area (Å²) in [7, 11) is 4.17. The summed E-state index contributed by atoms with van der Waals surface area (Å²) in [4.78, 5) is 8.94. The Kier molecular flexibility index (Phi) is 6.33. The predicted octanol–water partition coefficient (Wildman–Crippen LogP) is 1.54. The van der Waals surface area contributed by atoms with Crippen LogP contribution in [0.25, 0.3) is 0 Å². The van der Waals surface area contributed by atoms with Crippen molar-refractivity contribution >= 4 is 11.8 Å². The Morgan fingerprint density at radius 2 is 1.62 bits per heavy atom. The molecular weight excluding hydrogens is 322 g/mol. The highest BCUT2D eigenvalue weighted by Crippen LogP contribution is 2.48. The van der Waals surface area contributed by atoms with Crippen molar-refractivity contribution in [3.8, 4) is 0 Å². The average Bonchev–Trinajstić information content (AvgIpc) is 2.91. The molecule has 0 aromatic rings. The lowest BCUT2D eigenvalue weighted by Gasteiger charge is -2.43. The number of nitrogens with zero attached hydrogens (tertiary/aromatic N) is 4. The van der Waals surface area contributed by atoms with Gasteiger partial charge in [-0.2, -0.15) is 11.8 Å².